The third-order valence-electron chi connectivity index (χ3n) is 2.53. The predicted molar refractivity (Wildman–Crippen MR) is 71.3 cm³/mol. The maximum Gasteiger partial charge on any atom is 0.339 e. The summed E-state index contributed by atoms with van der Waals surface area (Å²) in [7, 11) is 0. The van der Waals surface area contributed by atoms with Crippen LogP contribution in [0.5, 0.6) is 5.75 Å². The molecule has 0 heterocycles. The van der Waals surface area contributed by atoms with Gasteiger partial charge in [0.1, 0.15) is 17.1 Å². The van der Waals surface area contributed by atoms with Crippen LogP contribution >= 0.6 is 0 Å². The normalized spacial score (nSPS) is 12.1. The van der Waals surface area contributed by atoms with Crippen molar-refractivity contribution in [2.24, 2.45) is 5.92 Å². The van der Waals surface area contributed by atoms with E-state index in [-0.39, 0.29) is 23.1 Å². The van der Waals surface area contributed by atoms with Gasteiger partial charge in [0.05, 0.1) is 0 Å². The Hall–Kier alpha value is -2.11. The average Bonchev–Trinajstić information content (AvgIpc) is 2.35. The van der Waals surface area contributed by atoms with E-state index in [1.54, 1.807) is 0 Å². The summed E-state index contributed by atoms with van der Waals surface area (Å²) < 4.78 is 18.4. The van der Waals surface area contributed by atoms with Gasteiger partial charge in [-0.3, -0.25) is 4.79 Å². The van der Waals surface area contributed by atoms with E-state index < -0.39 is 17.9 Å². The first-order chi connectivity index (χ1) is 9.31. The van der Waals surface area contributed by atoms with E-state index in [9.17, 15) is 14.0 Å². The molecule has 0 radical (unpaired) electrons. The number of aromatic carboxylic acids is 1. The number of carbonyl (C=O) groups is 2. The lowest BCUT2D eigenvalue weighted by atomic mass is 10.2. The van der Waals surface area contributed by atoms with Gasteiger partial charge in [0, 0.05) is 12.6 Å². The van der Waals surface area contributed by atoms with Crippen molar-refractivity contribution in [3.8, 4) is 5.75 Å². The Bertz CT molecular complexity index is 502. The Labute approximate surface area is 116 Å². The second-order valence-electron chi connectivity index (χ2n) is 4.84. The molecule has 1 unspecified atom stereocenters. The summed E-state index contributed by atoms with van der Waals surface area (Å²) in [5.41, 5.74) is -0.185. The van der Waals surface area contributed by atoms with Gasteiger partial charge < -0.3 is 15.2 Å². The summed E-state index contributed by atoms with van der Waals surface area (Å²) in [4.78, 5) is 22.7. The van der Waals surface area contributed by atoms with E-state index in [0.29, 0.717) is 6.54 Å². The number of nitrogens with one attached hydrogen (secondary N) is 1. The molecule has 1 amide bonds. The lowest BCUT2D eigenvalue weighted by Gasteiger charge is -2.17. The van der Waals surface area contributed by atoms with Crippen molar-refractivity contribution in [3.05, 3.63) is 29.6 Å². The highest BCUT2D eigenvalue weighted by molar-refractivity contribution is 5.91. The molecule has 1 rings (SSSR count). The highest BCUT2D eigenvalue weighted by atomic mass is 19.1. The Morgan fingerprint density at radius 2 is 2.00 bits per heavy atom. The minimum absolute atomic E-state index is 0.162. The van der Waals surface area contributed by atoms with Crippen molar-refractivity contribution >= 4 is 11.9 Å². The summed E-state index contributed by atoms with van der Waals surface area (Å²) in [6.45, 7) is 5.86. The van der Waals surface area contributed by atoms with Gasteiger partial charge in [0.15, 0.2) is 6.10 Å². The van der Waals surface area contributed by atoms with E-state index in [4.69, 9.17) is 9.84 Å². The zero-order chi connectivity index (χ0) is 15.3. The monoisotopic (exact) mass is 283 g/mol. The highest BCUT2D eigenvalue weighted by Crippen LogP contribution is 2.21. The molecule has 0 saturated carbocycles. The van der Waals surface area contributed by atoms with Crippen LogP contribution in [0.2, 0.25) is 0 Å². The molecule has 0 fully saturated rings. The predicted octanol–water partition coefficient (Wildman–Crippen LogP) is 2.06. The molecule has 2 N–H and O–H groups in total. The molecular weight excluding hydrogens is 265 g/mol. The number of amides is 1. The lowest BCUT2D eigenvalue weighted by Crippen LogP contribution is -2.38. The van der Waals surface area contributed by atoms with Gasteiger partial charge in [0.25, 0.3) is 5.91 Å². The maximum absolute atomic E-state index is 13.1. The zero-order valence-corrected chi connectivity index (χ0v) is 11.6. The van der Waals surface area contributed by atoms with Crippen molar-refractivity contribution in [2.75, 3.05) is 6.54 Å². The molecular formula is C14H18FNO4. The molecule has 5 nitrogen and oxygen atoms in total. The minimum atomic E-state index is -1.24. The molecule has 0 aliphatic rings. The molecule has 0 aromatic heterocycles. The third kappa shape index (κ3) is 4.53. The molecule has 110 valence electrons. The zero-order valence-electron chi connectivity index (χ0n) is 11.6. The summed E-state index contributed by atoms with van der Waals surface area (Å²) in [6.07, 6.45) is -0.909. The van der Waals surface area contributed by atoms with Crippen LogP contribution in [0.25, 0.3) is 0 Å². The molecule has 0 bridgehead atoms. The smallest absolute Gasteiger partial charge is 0.339 e. The Morgan fingerprint density at radius 3 is 2.55 bits per heavy atom. The largest absolute Gasteiger partial charge is 0.480 e. The average molecular weight is 283 g/mol. The first-order valence-corrected chi connectivity index (χ1v) is 6.28. The van der Waals surface area contributed by atoms with E-state index in [0.717, 1.165) is 18.2 Å². The van der Waals surface area contributed by atoms with E-state index in [1.165, 1.54) is 6.92 Å². The van der Waals surface area contributed by atoms with Crippen LogP contribution in [0, 0.1) is 11.7 Å². The molecule has 1 aromatic carbocycles. The van der Waals surface area contributed by atoms with Crippen molar-refractivity contribution in [3.63, 3.8) is 0 Å². The lowest BCUT2D eigenvalue weighted by molar-refractivity contribution is -0.127. The molecule has 0 spiro atoms. The fourth-order valence-corrected chi connectivity index (χ4v) is 1.46. The van der Waals surface area contributed by atoms with Gasteiger partial charge in [-0.05, 0) is 25.0 Å². The molecule has 1 aromatic rings. The van der Waals surface area contributed by atoms with Gasteiger partial charge in [-0.2, -0.15) is 0 Å². The number of rotatable bonds is 6. The number of carbonyl (C=O) groups excluding carboxylic acids is 1. The number of hydrogen-bond acceptors (Lipinski definition) is 3. The van der Waals surface area contributed by atoms with Crippen LogP contribution < -0.4 is 10.1 Å². The van der Waals surface area contributed by atoms with Crippen LogP contribution in [0.4, 0.5) is 4.39 Å². The number of ether oxygens (including phenoxy) is 1. The van der Waals surface area contributed by atoms with Gasteiger partial charge in [-0.25, -0.2) is 9.18 Å². The summed E-state index contributed by atoms with van der Waals surface area (Å²) in [5, 5.41) is 11.6. The van der Waals surface area contributed by atoms with Gasteiger partial charge in [0.2, 0.25) is 0 Å². The number of carboxylic acids is 1. The number of halogens is 1. The fourth-order valence-electron chi connectivity index (χ4n) is 1.46. The molecule has 1 atom stereocenters. The van der Waals surface area contributed by atoms with Gasteiger partial charge in [-0.1, -0.05) is 13.8 Å². The van der Waals surface area contributed by atoms with Crippen molar-refractivity contribution in [2.45, 2.75) is 26.9 Å². The third-order valence-corrected chi connectivity index (χ3v) is 2.53. The number of carboxylic acid groups (broad SMARTS) is 1. The molecule has 0 saturated heterocycles. The Morgan fingerprint density at radius 1 is 1.35 bits per heavy atom. The standard InChI is InChI=1S/C14H18FNO4/c1-8(2)7-16-13(17)9(3)20-12-6-10(15)4-5-11(12)14(18)19/h4-6,8-9H,7H2,1-3H3,(H,16,17)(H,18,19). The van der Waals surface area contributed by atoms with Crippen LogP contribution in [0.15, 0.2) is 18.2 Å². The van der Waals surface area contributed by atoms with E-state index in [1.807, 2.05) is 13.8 Å². The highest BCUT2D eigenvalue weighted by Gasteiger charge is 2.19. The van der Waals surface area contributed by atoms with Crippen molar-refractivity contribution in [1.29, 1.82) is 0 Å². The second kappa shape index (κ2) is 6.88. The quantitative estimate of drug-likeness (QED) is 0.838. The summed E-state index contributed by atoms with van der Waals surface area (Å²) in [5.74, 6) is -2.12. The van der Waals surface area contributed by atoms with Crippen molar-refractivity contribution in [1.82, 2.24) is 5.32 Å². The first-order valence-electron chi connectivity index (χ1n) is 6.28. The molecule has 0 aliphatic heterocycles. The Kier molecular flexibility index (Phi) is 5.49. The van der Waals surface area contributed by atoms with Crippen molar-refractivity contribution < 1.29 is 23.8 Å². The number of benzene rings is 1. The summed E-state index contributed by atoms with van der Waals surface area (Å²) in [6, 6.07) is 3.08. The first kappa shape index (κ1) is 15.9. The van der Waals surface area contributed by atoms with E-state index >= 15 is 0 Å². The summed E-state index contributed by atoms with van der Waals surface area (Å²) >= 11 is 0. The topological polar surface area (TPSA) is 75.6 Å². The number of hydrogen-bond donors (Lipinski definition) is 2. The second-order valence-corrected chi connectivity index (χ2v) is 4.84. The van der Waals surface area contributed by atoms with Gasteiger partial charge >= 0.3 is 5.97 Å². The Balaban J connectivity index is 2.79. The molecule has 6 heteroatoms. The van der Waals surface area contributed by atoms with Crippen LogP contribution in [0.3, 0.4) is 0 Å². The SMILES string of the molecule is CC(C)CNC(=O)C(C)Oc1cc(F)ccc1C(=O)O. The fraction of sp³-hybridized carbons (Fsp3) is 0.429. The van der Waals surface area contributed by atoms with Gasteiger partial charge in [-0.15, -0.1) is 0 Å². The van der Waals surface area contributed by atoms with Crippen LogP contribution in [0.1, 0.15) is 31.1 Å². The van der Waals surface area contributed by atoms with Crippen LogP contribution in [-0.2, 0) is 4.79 Å². The maximum atomic E-state index is 13.1. The molecule has 20 heavy (non-hydrogen) atoms. The van der Waals surface area contributed by atoms with Crippen LogP contribution in [-0.4, -0.2) is 29.6 Å². The minimum Gasteiger partial charge on any atom is -0.480 e. The van der Waals surface area contributed by atoms with E-state index in [2.05, 4.69) is 5.32 Å². The molecule has 0 aliphatic carbocycles.